The molecule has 0 aromatic heterocycles. The van der Waals surface area contributed by atoms with Gasteiger partial charge in [-0.2, -0.15) is 0 Å². The second kappa shape index (κ2) is 6.62. The first-order valence-corrected chi connectivity index (χ1v) is 6.80. The van der Waals surface area contributed by atoms with E-state index in [1.165, 1.54) is 29.3 Å². The van der Waals surface area contributed by atoms with Gasteiger partial charge in [-0.05, 0) is 43.9 Å². The molecule has 0 aliphatic carbocycles. The van der Waals surface area contributed by atoms with Crippen molar-refractivity contribution in [3.63, 3.8) is 0 Å². The summed E-state index contributed by atoms with van der Waals surface area (Å²) in [6.07, 6.45) is 1.75. The van der Waals surface area contributed by atoms with Crippen molar-refractivity contribution < 1.29 is 8.78 Å². The van der Waals surface area contributed by atoms with E-state index in [1.54, 1.807) is 0 Å². The molecular formula is C17H19F2N. The topological polar surface area (TPSA) is 26.0 Å². The molecule has 2 aromatic carbocycles. The fourth-order valence-electron chi connectivity index (χ4n) is 2.20. The highest BCUT2D eigenvalue weighted by Crippen LogP contribution is 2.15. The van der Waals surface area contributed by atoms with Gasteiger partial charge in [-0.15, -0.1) is 0 Å². The molecule has 0 bridgehead atoms. The minimum atomic E-state index is -0.518. The summed E-state index contributed by atoms with van der Waals surface area (Å²) >= 11 is 0. The molecule has 0 saturated heterocycles. The molecule has 0 amide bonds. The molecule has 0 heterocycles. The van der Waals surface area contributed by atoms with Crippen LogP contribution >= 0.6 is 0 Å². The van der Waals surface area contributed by atoms with Gasteiger partial charge in [-0.25, -0.2) is 8.78 Å². The molecule has 106 valence electrons. The van der Waals surface area contributed by atoms with Crippen molar-refractivity contribution in [2.45, 2.75) is 32.2 Å². The van der Waals surface area contributed by atoms with Crippen LogP contribution in [0.4, 0.5) is 8.78 Å². The lowest BCUT2D eigenvalue weighted by atomic mass is 9.99. The lowest BCUT2D eigenvalue weighted by Gasteiger charge is -2.13. The molecule has 0 aliphatic rings. The van der Waals surface area contributed by atoms with E-state index in [0.717, 1.165) is 6.42 Å². The normalized spacial score (nSPS) is 12.4. The molecule has 2 aromatic rings. The maximum atomic E-state index is 13.5. The van der Waals surface area contributed by atoms with Gasteiger partial charge in [-0.1, -0.05) is 35.9 Å². The van der Waals surface area contributed by atoms with Crippen LogP contribution in [-0.2, 0) is 12.8 Å². The van der Waals surface area contributed by atoms with Gasteiger partial charge in [0.05, 0.1) is 0 Å². The van der Waals surface area contributed by atoms with E-state index >= 15 is 0 Å². The van der Waals surface area contributed by atoms with Gasteiger partial charge in [0.1, 0.15) is 11.6 Å². The van der Waals surface area contributed by atoms with Crippen LogP contribution in [0.15, 0.2) is 42.5 Å². The molecule has 1 atom stereocenters. The molecule has 0 aliphatic heterocycles. The second-order valence-corrected chi connectivity index (χ2v) is 5.19. The number of rotatable bonds is 5. The molecule has 0 spiro atoms. The Morgan fingerprint density at radius 3 is 2.20 bits per heavy atom. The molecule has 2 N–H and O–H groups in total. The largest absolute Gasteiger partial charge is 0.327 e. The van der Waals surface area contributed by atoms with Gasteiger partial charge >= 0.3 is 0 Å². The number of hydrogen-bond acceptors (Lipinski definition) is 1. The van der Waals surface area contributed by atoms with Crippen molar-refractivity contribution in [1.82, 2.24) is 0 Å². The van der Waals surface area contributed by atoms with E-state index in [9.17, 15) is 8.78 Å². The smallest absolute Gasteiger partial charge is 0.129 e. The maximum absolute atomic E-state index is 13.5. The van der Waals surface area contributed by atoms with Crippen LogP contribution < -0.4 is 5.73 Å². The van der Waals surface area contributed by atoms with Crippen LogP contribution in [0.25, 0.3) is 0 Å². The zero-order valence-electron chi connectivity index (χ0n) is 11.6. The van der Waals surface area contributed by atoms with Crippen LogP contribution in [0.5, 0.6) is 0 Å². The first-order chi connectivity index (χ1) is 9.56. The Bertz CT molecular complexity index is 543. The van der Waals surface area contributed by atoms with Crippen LogP contribution in [0.1, 0.15) is 23.1 Å². The summed E-state index contributed by atoms with van der Waals surface area (Å²) in [5, 5.41) is 0. The Morgan fingerprint density at radius 2 is 1.60 bits per heavy atom. The minimum absolute atomic E-state index is 0.0870. The quantitative estimate of drug-likeness (QED) is 0.883. The SMILES string of the molecule is Cc1ccc(CCC(N)Cc2c(F)cccc2F)cc1. The number of aryl methyl sites for hydroxylation is 2. The predicted octanol–water partition coefficient (Wildman–Crippen LogP) is 3.78. The molecule has 1 unspecified atom stereocenters. The summed E-state index contributed by atoms with van der Waals surface area (Å²) < 4.78 is 27.0. The molecule has 1 nitrogen and oxygen atoms in total. The van der Waals surface area contributed by atoms with Crippen molar-refractivity contribution in [2.24, 2.45) is 5.73 Å². The standard InChI is InChI=1S/C17H19F2N/c1-12-5-7-13(8-6-12)9-10-14(20)11-15-16(18)3-2-4-17(15)19/h2-8,14H,9-11,20H2,1H3. The lowest BCUT2D eigenvalue weighted by molar-refractivity contribution is 0.523. The Hall–Kier alpha value is -1.74. The highest BCUT2D eigenvalue weighted by atomic mass is 19.1. The Kier molecular flexibility index (Phi) is 4.85. The van der Waals surface area contributed by atoms with E-state index in [4.69, 9.17) is 5.73 Å². The fourth-order valence-corrected chi connectivity index (χ4v) is 2.20. The minimum Gasteiger partial charge on any atom is -0.327 e. The monoisotopic (exact) mass is 275 g/mol. The Morgan fingerprint density at radius 1 is 1.00 bits per heavy atom. The highest BCUT2D eigenvalue weighted by Gasteiger charge is 2.12. The van der Waals surface area contributed by atoms with E-state index in [-0.39, 0.29) is 18.0 Å². The summed E-state index contributed by atoms with van der Waals surface area (Å²) in [4.78, 5) is 0. The third-order valence-electron chi connectivity index (χ3n) is 3.45. The molecule has 0 fully saturated rings. The van der Waals surface area contributed by atoms with Crippen molar-refractivity contribution in [2.75, 3.05) is 0 Å². The Balaban J connectivity index is 1.92. The van der Waals surface area contributed by atoms with Crippen molar-refractivity contribution in [3.05, 3.63) is 70.8 Å². The third kappa shape index (κ3) is 3.87. The summed E-state index contributed by atoms with van der Waals surface area (Å²) in [6, 6.07) is 11.9. The average Bonchev–Trinajstić information content (AvgIpc) is 2.42. The van der Waals surface area contributed by atoms with E-state index in [2.05, 4.69) is 24.3 Å². The van der Waals surface area contributed by atoms with Gasteiger partial charge in [0.2, 0.25) is 0 Å². The summed E-state index contributed by atoms with van der Waals surface area (Å²) in [6.45, 7) is 2.04. The van der Waals surface area contributed by atoms with E-state index in [1.807, 2.05) is 6.92 Å². The molecule has 20 heavy (non-hydrogen) atoms. The summed E-state index contributed by atoms with van der Waals surface area (Å²) in [5.41, 5.74) is 8.48. The molecular weight excluding hydrogens is 256 g/mol. The van der Waals surface area contributed by atoms with Crippen molar-refractivity contribution >= 4 is 0 Å². The first-order valence-electron chi connectivity index (χ1n) is 6.80. The number of nitrogens with two attached hydrogens (primary N) is 1. The summed E-state index contributed by atoms with van der Waals surface area (Å²) in [5.74, 6) is -1.04. The molecule has 0 saturated carbocycles. The fraction of sp³-hybridized carbons (Fsp3) is 0.294. The van der Waals surface area contributed by atoms with Gasteiger partial charge in [0.25, 0.3) is 0 Å². The van der Waals surface area contributed by atoms with Gasteiger partial charge in [0, 0.05) is 11.6 Å². The zero-order chi connectivity index (χ0) is 14.5. The number of benzene rings is 2. The zero-order valence-corrected chi connectivity index (χ0v) is 11.6. The molecule has 2 rings (SSSR count). The van der Waals surface area contributed by atoms with Crippen LogP contribution in [0.3, 0.4) is 0 Å². The van der Waals surface area contributed by atoms with Crippen LogP contribution in [-0.4, -0.2) is 6.04 Å². The van der Waals surface area contributed by atoms with Crippen molar-refractivity contribution in [1.29, 1.82) is 0 Å². The van der Waals surface area contributed by atoms with Crippen molar-refractivity contribution in [3.8, 4) is 0 Å². The predicted molar refractivity (Wildman–Crippen MR) is 77.5 cm³/mol. The number of halogens is 2. The van der Waals surface area contributed by atoms with Crippen LogP contribution in [0, 0.1) is 18.6 Å². The second-order valence-electron chi connectivity index (χ2n) is 5.19. The van der Waals surface area contributed by atoms with Gasteiger partial charge in [0.15, 0.2) is 0 Å². The highest BCUT2D eigenvalue weighted by molar-refractivity contribution is 5.22. The Labute approximate surface area is 118 Å². The molecule has 0 radical (unpaired) electrons. The third-order valence-corrected chi connectivity index (χ3v) is 3.45. The van der Waals surface area contributed by atoms with E-state index in [0.29, 0.717) is 6.42 Å². The number of hydrogen-bond donors (Lipinski definition) is 1. The van der Waals surface area contributed by atoms with Crippen LogP contribution in [0.2, 0.25) is 0 Å². The molecule has 3 heteroatoms. The summed E-state index contributed by atoms with van der Waals surface area (Å²) in [7, 11) is 0. The maximum Gasteiger partial charge on any atom is 0.129 e. The lowest BCUT2D eigenvalue weighted by Crippen LogP contribution is -2.24. The van der Waals surface area contributed by atoms with E-state index < -0.39 is 11.6 Å². The van der Waals surface area contributed by atoms with Gasteiger partial charge in [-0.3, -0.25) is 0 Å². The first kappa shape index (κ1) is 14.7. The average molecular weight is 275 g/mol. The van der Waals surface area contributed by atoms with Gasteiger partial charge < -0.3 is 5.73 Å².